The Kier molecular flexibility index (Phi) is 5.68. The molecule has 0 saturated carbocycles. The third-order valence-electron chi connectivity index (χ3n) is 4.72. The second-order valence-corrected chi connectivity index (χ2v) is 6.49. The molecule has 0 aliphatic rings. The molecule has 1 unspecified atom stereocenters. The maximum Gasteiger partial charge on any atom is 0.253 e. The van der Waals surface area contributed by atoms with Gasteiger partial charge >= 0.3 is 0 Å². The van der Waals surface area contributed by atoms with Crippen molar-refractivity contribution in [2.75, 3.05) is 21.3 Å². The van der Waals surface area contributed by atoms with E-state index < -0.39 is 0 Å². The summed E-state index contributed by atoms with van der Waals surface area (Å²) in [5, 5.41) is 3.91. The highest BCUT2D eigenvalue weighted by Crippen LogP contribution is 2.30. The zero-order valence-electron chi connectivity index (χ0n) is 16.7. The van der Waals surface area contributed by atoms with Gasteiger partial charge in [-0.1, -0.05) is 6.07 Å². The summed E-state index contributed by atoms with van der Waals surface area (Å²) < 4.78 is 15.8. The monoisotopic (exact) mass is 380 g/mol. The number of nitrogens with one attached hydrogen (secondary N) is 1. The smallest absolute Gasteiger partial charge is 0.253 e. The second-order valence-electron chi connectivity index (χ2n) is 6.49. The van der Waals surface area contributed by atoms with Gasteiger partial charge in [-0.15, -0.1) is 0 Å². The average Bonchev–Trinajstić information content (AvgIpc) is 2.71. The third-order valence-corrected chi connectivity index (χ3v) is 4.72. The number of hydrogen-bond donors (Lipinski definition) is 1. The van der Waals surface area contributed by atoms with Crippen LogP contribution in [0.3, 0.4) is 0 Å². The molecule has 1 atom stereocenters. The van der Waals surface area contributed by atoms with Gasteiger partial charge in [0.1, 0.15) is 5.75 Å². The van der Waals surface area contributed by atoms with E-state index in [0.29, 0.717) is 22.8 Å². The first kappa shape index (κ1) is 19.5. The number of amides is 1. The summed E-state index contributed by atoms with van der Waals surface area (Å²) in [6, 6.07) is 12.9. The first-order chi connectivity index (χ1) is 13.5. The molecule has 6 nitrogen and oxygen atoms in total. The summed E-state index contributed by atoms with van der Waals surface area (Å²) in [6.07, 6.45) is 0. The number of nitrogens with zero attached hydrogens (tertiary/aromatic N) is 1. The summed E-state index contributed by atoms with van der Waals surface area (Å²) in [6.45, 7) is 3.75. The van der Waals surface area contributed by atoms with Crippen LogP contribution >= 0.6 is 0 Å². The average molecular weight is 380 g/mol. The number of methoxy groups -OCH3 is 3. The standard InChI is InChI=1S/C22H24N2O4/c1-13(15-7-9-20(27-4)21(11-15)28-5)24-22(25)18-10-16-6-8-17(26-3)12-19(16)23-14(18)2/h6-13H,1-5H3,(H,24,25). The lowest BCUT2D eigenvalue weighted by atomic mass is 10.1. The molecule has 28 heavy (non-hydrogen) atoms. The lowest BCUT2D eigenvalue weighted by Crippen LogP contribution is -2.27. The van der Waals surface area contributed by atoms with E-state index in [1.807, 2.05) is 56.3 Å². The van der Waals surface area contributed by atoms with Crippen molar-refractivity contribution in [3.05, 3.63) is 59.3 Å². The van der Waals surface area contributed by atoms with Crippen LogP contribution < -0.4 is 19.5 Å². The molecule has 0 saturated heterocycles. The van der Waals surface area contributed by atoms with Crippen LogP contribution in [0.15, 0.2) is 42.5 Å². The Hall–Kier alpha value is -3.28. The zero-order chi connectivity index (χ0) is 20.3. The molecule has 3 aromatic rings. The Bertz CT molecular complexity index is 1020. The minimum atomic E-state index is -0.210. The lowest BCUT2D eigenvalue weighted by Gasteiger charge is -2.17. The highest BCUT2D eigenvalue weighted by atomic mass is 16.5. The summed E-state index contributed by atoms with van der Waals surface area (Å²) >= 11 is 0. The fourth-order valence-corrected chi connectivity index (χ4v) is 3.08. The van der Waals surface area contributed by atoms with Crippen LogP contribution in [0, 0.1) is 6.92 Å². The van der Waals surface area contributed by atoms with E-state index in [9.17, 15) is 4.79 Å². The predicted molar refractivity (Wildman–Crippen MR) is 108 cm³/mol. The minimum Gasteiger partial charge on any atom is -0.497 e. The van der Waals surface area contributed by atoms with E-state index in [1.54, 1.807) is 21.3 Å². The minimum absolute atomic E-state index is 0.176. The first-order valence-corrected chi connectivity index (χ1v) is 8.95. The van der Waals surface area contributed by atoms with Crippen LogP contribution in [0.2, 0.25) is 0 Å². The molecule has 0 bridgehead atoms. The number of pyridine rings is 1. The van der Waals surface area contributed by atoms with Crippen molar-refractivity contribution in [2.24, 2.45) is 0 Å². The normalized spacial score (nSPS) is 11.8. The number of ether oxygens (including phenoxy) is 3. The summed E-state index contributed by atoms with van der Waals surface area (Å²) in [4.78, 5) is 17.4. The fraction of sp³-hybridized carbons (Fsp3) is 0.273. The van der Waals surface area contributed by atoms with Crippen LogP contribution in [0.25, 0.3) is 10.9 Å². The Morgan fingerprint density at radius 2 is 1.71 bits per heavy atom. The predicted octanol–water partition coefficient (Wildman–Crippen LogP) is 4.06. The second kappa shape index (κ2) is 8.17. The highest BCUT2D eigenvalue weighted by Gasteiger charge is 2.17. The van der Waals surface area contributed by atoms with Crippen LogP contribution in [0.4, 0.5) is 0 Å². The van der Waals surface area contributed by atoms with Gasteiger partial charge in [0.2, 0.25) is 0 Å². The molecule has 146 valence electrons. The number of carbonyl (C=O) groups excluding carboxylic acids is 1. The van der Waals surface area contributed by atoms with Gasteiger partial charge < -0.3 is 19.5 Å². The number of fused-ring (bicyclic) bond motifs is 1. The van der Waals surface area contributed by atoms with E-state index >= 15 is 0 Å². The zero-order valence-corrected chi connectivity index (χ0v) is 16.7. The molecule has 1 heterocycles. The first-order valence-electron chi connectivity index (χ1n) is 8.95. The Morgan fingerprint density at radius 1 is 0.964 bits per heavy atom. The number of hydrogen-bond acceptors (Lipinski definition) is 5. The van der Waals surface area contributed by atoms with Gasteiger partial charge in [-0.25, -0.2) is 0 Å². The number of carbonyl (C=O) groups is 1. The Morgan fingerprint density at radius 3 is 2.39 bits per heavy atom. The Balaban J connectivity index is 1.85. The summed E-state index contributed by atoms with van der Waals surface area (Å²) in [5.74, 6) is 1.83. The van der Waals surface area contributed by atoms with Crippen molar-refractivity contribution in [3.63, 3.8) is 0 Å². The SMILES string of the molecule is COc1ccc2cc(C(=O)NC(C)c3ccc(OC)c(OC)c3)c(C)nc2c1. The van der Waals surface area contributed by atoms with Crippen LogP contribution in [-0.2, 0) is 0 Å². The maximum absolute atomic E-state index is 12.9. The van der Waals surface area contributed by atoms with Gasteiger partial charge in [0.15, 0.2) is 11.5 Å². The third kappa shape index (κ3) is 3.86. The number of rotatable bonds is 6. The van der Waals surface area contributed by atoms with Crippen molar-refractivity contribution >= 4 is 16.8 Å². The molecular formula is C22H24N2O4. The molecule has 0 aliphatic heterocycles. The van der Waals surface area contributed by atoms with Crippen molar-refractivity contribution in [1.82, 2.24) is 10.3 Å². The molecule has 1 N–H and O–H groups in total. The van der Waals surface area contributed by atoms with Gasteiger partial charge in [0, 0.05) is 11.5 Å². The molecule has 3 rings (SSSR count). The van der Waals surface area contributed by atoms with Crippen LogP contribution in [0.1, 0.15) is 34.6 Å². The number of benzene rings is 2. The summed E-state index contributed by atoms with van der Waals surface area (Å²) in [7, 11) is 4.79. The summed E-state index contributed by atoms with van der Waals surface area (Å²) in [5.41, 5.74) is 2.92. The topological polar surface area (TPSA) is 69.7 Å². The van der Waals surface area contributed by atoms with Gasteiger partial charge in [0.25, 0.3) is 5.91 Å². The van der Waals surface area contributed by atoms with Gasteiger partial charge in [-0.05, 0) is 49.7 Å². The maximum atomic E-state index is 12.9. The molecular weight excluding hydrogens is 356 g/mol. The lowest BCUT2D eigenvalue weighted by molar-refractivity contribution is 0.0939. The molecule has 0 spiro atoms. The molecule has 1 aromatic heterocycles. The van der Waals surface area contributed by atoms with Crippen molar-refractivity contribution in [3.8, 4) is 17.2 Å². The highest BCUT2D eigenvalue weighted by molar-refractivity contribution is 5.99. The van der Waals surface area contributed by atoms with Gasteiger partial charge in [-0.3, -0.25) is 9.78 Å². The molecule has 0 aliphatic carbocycles. The quantitative estimate of drug-likeness (QED) is 0.698. The van der Waals surface area contributed by atoms with E-state index in [4.69, 9.17) is 14.2 Å². The molecule has 1 amide bonds. The molecule has 2 aromatic carbocycles. The molecule has 0 radical (unpaired) electrons. The van der Waals surface area contributed by atoms with E-state index in [-0.39, 0.29) is 11.9 Å². The van der Waals surface area contributed by atoms with Crippen molar-refractivity contribution in [1.29, 1.82) is 0 Å². The van der Waals surface area contributed by atoms with E-state index in [2.05, 4.69) is 10.3 Å². The van der Waals surface area contributed by atoms with E-state index in [0.717, 1.165) is 22.2 Å². The van der Waals surface area contributed by atoms with E-state index in [1.165, 1.54) is 0 Å². The fourth-order valence-electron chi connectivity index (χ4n) is 3.08. The van der Waals surface area contributed by atoms with Crippen molar-refractivity contribution < 1.29 is 19.0 Å². The Labute approximate surface area is 164 Å². The van der Waals surface area contributed by atoms with Crippen molar-refractivity contribution in [2.45, 2.75) is 19.9 Å². The van der Waals surface area contributed by atoms with Gasteiger partial charge in [0.05, 0.1) is 44.1 Å². The largest absolute Gasteiger partial charge is 0.497 e. The number of aromatic nitrogens is 1. The van der Waals surface area contributed by atoms with Crippen LogP contribution in [-0.4, -0.2) is 32.2 Å². The molecule has 0 fully saturated rings. The molecule has 6 heteroatoms. The van der Waals surface area contributed by atoms with Crippen LogP contribution in [0.5, 0.6) is 17.2 Å². The van der Waals surface area contributed by atoms with Gasteiger partial charge in [-0.2, -0.15) is 0 Å². The number of aryl methyl sites for hydroxylation is 1.